The zero-order valence-corrected chi connectivity index (χ0v) is 7.40. The summed E-state index contributed by atoms with van der Waals surface area (Å²) in [6, 6.07) is 2.53. The highest BCUT2D eigenvalue weighted by Gasteiger charge is 2.29. The molecule has 74 valence electrons. The predicted molar refractivity (Wildman–Crippen MR) is 48.3 cm³/mol. The highest BCUT2D eigenvalue weighted by Crippen LogP contribution is 2.39. The van der Waals surface area contributed by atoms with Gasteiger partial charge in [0.05, 0.1) is 11.7 Å². The summed E-state index contributed by atoms with van der Waals surface area (Å²) in [4.78, 5) is 11.4. The van der Waals surface area contributed by atoms with Crippen LogP contribution >= 0.6 is 0 Å². The molecule has 0 saturated carbocycles. The van der Waals surface area contributed by atoms with Gasteiger partial charge in [0.15, 0.2) is 5.78 Å². The molecule has 1 aromatic carbocycles. The summed E-state index contributed by atoms with van der Waals surface area (Å²) in [5.74, 6) is -0.557. The number of carbonyl (C=O) groups is 1. The average Bonchev–Trinajstić information content (AvgIpc) is 2.16. The lowest BCUT2D eigenvalue weighted by molar-refractivity contribution is 0.0887. The van der Waals surface area contributed by atoms with Gasteiger partial charge in [0.2, 0.25) is 0 Å². The largest absolute Gasteiger partial charge is 0.508 e. The molecule has 0 spiro atoms. The zero-order valence-electron chi connectivity index (χ0n) is 7.40. The summed E-state index contributed by atoms with van der Waals surface area (Å²) < 4.78 is 0. The minimum Gasteiger partial charge on any atom is -0.508 e. The molecular weight excluding hydrogens is 184 g/mol. The Morgan fingerprint density at radius 2 is 1.86 bits per heavy atom. The van der Waals surface area contributed by atoms with Gasteiger partial charge in [-0.05, 0) is 18.6 Å². The molecule has 4 heteroatoms. The predicted octanol–water partition coefficient (Wildman–Crippen LogP) is 1.11. The lowest BCUT2D eigenvalue weighted by Gasteiger charge is -2.21. The van der Waals surface area contributed by atoms with Gasteiger partial charge in [0.1, 0.15) is 11.5 Å². The van der Waals surface area contributed by atoms with Gasteiger partial charge in [0.25, 0.3) is 0 Å². The maximum atomic E-state index is 11.4. The fourth-order valence-electron chi connectivity index (χ4n) is 1.76. The molecule has 0 amide bonds. The van der Waals surface area contributed by atoms with Crippen LogP contribution in [-0.2, 0) is 0 Å². The molecule has 1 atom stereocenters. The van der Waals surface area contributed by atoms with Crippen molar-refractivity contribution in [3.63, 3.8) is 0 Å². The Kier molecular flexibility index (Phi) is 1.93. The van der Waals surface area contributed by atoms with E-state index in [4.69, 9.17) is 0 Å². The van der Waals surface area contributed by atoms with Crippen LogP contribution in [0.2, 0.25) is 0 Å². The van der Waals surface area contributed by atoms with E-state index in [1.807, 2.05) is 0 Å². The Morgan fingerprint density at radius 3 is 2.50 bits per heavy atom. The van der Waals surface area contributed by atoms with Crippen molar-refractivity contribution in [1.29, 1.82) is 0 Å². The van der Waals surface area contributed by atoms with Gasteiger partial charge in [-0.15, -0.1) is 0 Å². The smallest absolute Gasteiger partial charge is 0.167 e. The van der Waals surface area contributed by atoms with E-state index < -0.39 is 6.10 Å². The summed E-state index contributed by atoms with van der Waals surface area (Å²) in [5.41, 5.74) is 0.213. The standard InChI is InChI=1S/C10H10O4/c11-5-1-2-6(12)10-8(14)4-3-7(13)9(5)10/h1-2,7,11-13H,3-4H2/t7-/m0/s1. The maximum Gasteiger partial charge on any atom is 0.167 e. The van der Waals surface area contributed by atoms with Crippen molar-refractivity contribution < 1.29 is 20.1 Å². The molecule has 0 fully saturated rings. The number of aliphatic hydroxyl groups is 1. The molecule has 1 aliphatic carbocycles. The number of phenols is 2. The van der Waals surface area contributed by atoms with Crippen molar-refractivity contribution in [2.45, 2.75) is 18.9 Å². The van der Waals surface area contributed by atoms with Crippen LogP contribution in [0.15, 0.2) is 12.1 Å². The van der Waals surface area contributed by atoms with E-state index in [1.165, 1.54) is 12.1 Å². The quantitative estimate of drug-likeness (QED) is 0.540. The van der Waals surface area contributed by atoms with Gasteiger partial charge in [-0.25, -0.2) is 0 Å². The van der Waals surface area contributed by atoms with Crippen LogP contribution in [0.3, 0.4) is 0 Å². The normalized spacial score (nSPS) is 20.6. The van der Waals surface area contributed by atoms with E-state index in [2.05, 4.69) is 0 Å². The van der Waals surface area contributed by atoms with Crippen LogP contribution in [-0.4, -0.2) is 21.1 Å². The van der Waals surface area contributed by atoms with Crippen molar-refractivity contribution in [2.75, 3.05) is 0 Å². The van der Waals surface area contributed by atoms with Gasteiger partial charge in [-0.2, -0.15) is 0 Å². The molecule has 1 aliphatic rings. The Balaban J connectivity index is 2.71. The summed E-state index contributed by atoms with van der Waals surface area (Å²) in [6.45, 7) is 0. The topological polar surface area (TPSA) is 77.8 Å². The third kappa shape index (κ3) is 1.15. The lowest BCUT2D eigenvalue weighted by atomic mass is 9.87. The molecule has 4 nitrogen and oxygen atoms in total. The molecular formula is C10H10O4. The van der Waals surface area contributed by atoms with E-state index in [0.29, 0.717) is 6.42 Å². The molecule has 0 unspecified atom stereocenters. The van der Waals surface area contributed by atoms with Crippen LogP contribution < -0.4 is 0 Å². The summed E-state index contributed by atoms with van der Waals surface area (Å²) in [6.07, 6.45) is -0.372. The Bertz CT molecular complexity index is 397. The second-order valence-electron chi connectivity index (χ2n) is 3.37. The minimum atomic E-state index is -0.866. The van der Waals surface area contributed by atoms with Gasteiger partial charge >= 0.3 is 0 Å². The summed E-state index contributed by atoms with van der Waals surface area (Å²) >= 11 is 0. The number of hydrogen-bond donors (Lipinski definition) is 3. The SMILES string of the molecule is O=C1CC[C@H](O)c2c(O)ccc(O)c21. The third-order valence-corrected chi connectivity index (χ3v) is 2.46. The van der Waals surface area contributed by atoms with Crippen LogP contribution in [0, 0.1) is 0 Å². The first-order valence-electron chi connectivity index (χ1n) is 4.37. The van der Waals surface area contributed by atoms with E-state index in [9.17, 15) is 20.1 Å². The Labute approximate surface area is 80.4 Å². The molecule has 3 N–H and O–H groups in total. The van der Waals surface area contributed by atoms with E-state index >= 15 is 0 Å². The van der Waals surface area contributed by atoms with Crippen molar-refractivity contribution >= 4 is 5.78 Å². The average molecular weight is 194 g/mol. The molecule has 0 heterocycles. The fourth-order valence-corrected chi connectivity index (χ4v) is 1.76. The number of Topliss-reactive ketones (excluding diaryl/α,β-unsaturated/α-hetero) is 1. The second-order valence-corrected chi connectivity index (χ2v) is 3.37. The number of fused-ring (bicyclic) bond motifs is 1. The first-order valence-corrected chi connectivity index (χ1v) is 4.37. The van der Waals surface area contributed by atoms with Gasteiger partial charge in [0, 0.05) is 12.0 Å². The van der Waals surface area contributed by atoms with Gasteiger partial charge < -0.3 is 15.3 Å². The molecule has 0 radical (unpaired) electrons. The minimum absolute atomic E-state index is 0.0590. The van der Waals surface area contributed by atoms with Crippen LogP contribution in [0.25, 0.3) is 0 Å². The lowest BCUT2D eigenvalue weighted by Crippen LogP contribution is -2.15. The highest BCUT2D eigenvalue weighted by atomic mass is 16.3. The number of aliphatic hydroxyl groups excluding tert-OH is 1. The molecule has 0 saturated heterocycles. The maximum absolute atomic E-state index is 11.4. The van der Waals surface area contributed by atoms with Crippen molar-refractivity contribution in [3.05, 3.63) is 23.3 Å². The van der Waals surface area contributed by atoms with Crippen molar-refractivity contribution in [2.24, 2.45) is 0 Å². The number of phenolic OH excluding ortho intramolecular Hbond substituents is 2. The van der Waals surface area contributed by atoms with E-state index in [1.54, 1.807) is 0 Å². The van der Waals surface area contributed by atoms with Crippen molar-refractivity contribution in [3.8, 4) is 11.5 Å². The highest BCUT2D eigenvalue weighted by molar-refractivity contribution is 6.01. The number of hydrogen-bond acceptors (Lipinski definition) is 4. The van der Waals surface area contributed by atoms with Gasteiger partial charge in [-0.3, -0.25) is 4.79 Å². The number of ketones is 1. The number of benzene rings is 1. The van der Waals surface area contributed by atoms with E-state index in [-0.39, 0.29) is 34.8 Å². The molecule has 14 heavy (non-hydrogen) atoms. The Hall–Kier alpha value is -1.55. The fraction of sp³-hybridized carbons (Fsp3) is 0.300. The zero-order chi connectivity index (χ0) is 10.3. The van der Waals surface area contributed by atoms with Gasteiger partial charge in [-0.1, -0.05) is 0 Å². The molecule has 1 aromatic rings. The number of carbonyl (C=O) groups excluding carboxylic acids is 1. The summed E-state index contributed by atoms with van der Waals surface area (Å²) in [7, 11) is 0. The summed E-state index contributed by atoms with van der Waals surface area (Å²) in [5, 5.41) is 28.4. The second kappa shape index (κ2) is 2.99. The number of rotatable bonds is 0. The molecule has 0 bridgehead atoms. The first-order chi connectivity index (χ1) is 6.61. The monoisotopic (exact) mass is 194 g/mol. The first kappa shape index (κ1) is 9.02. The third-order valence-electron chi connectivity index (χ3n) is 2.46. The molecule has 2 rings (SSSR count). The van der Waals surface area contributed by atoms with Crippen molar-refractivity contribution in [1.82, 2.24) is 0 Å². The van der Waals surface area contributed by atoms with E-state index in [0.717, 1.165) is 0 Å². The van der Waals surface area contributed by atoms with Crippen LogP contribution in [0.4, 0.5) is 0 Å². The number of aromatic hydroxyl groups is 2. The molecule has 0 aliphatic heterocycles. The Morgan fingerprint density at radius 1 is 1.21 bits per heavy atom. The molecule has 0 aromatic heterocycles. The van der Waals surface area contributed by atoms with Crippen LogP contribution in [0.1, 0.15) is 34.9 Å². The van der Waals surface area contributed by atoms with Crippen LogP contribution in [0.5, 0.6) is 11.5 Å².